The summed E-state index contributed by atoms with van der Waals surface area (Å²) in [5.41, 5.74) is 6.52. The topological polar surface area (TPSA) is 41.1 Å². The van der Waals surface area contributed by atoms with E-state index in [1.165, 1.54) is 0 Å². The zero-order valence-corrected chi connectivity index (χ0v) is 17.3. The molecule has 4 aromatic carbocycles. The Morgan fingerprint density at radius 1 is 0.533 bits per heavy atom. The zero-order valence-electron chi connectivity index (χ0n) is 15.7. The Hall–Kier alpha value is -3.27. The van der Waals surface area contributed by atoms with Crippen LogP contribution in [0.4, 0.5) is 22.7 Å². The van der Waals surface area contributed by atoms with Crippen LogP contribution in [0.2, 0.25) is 10.0 Å². The van der Waals surface area contributed by atoms with Crippen molar-refractivity contribution in [2.75, 3.05) is 10.6 Å². The molecular weight excluding hydrogens is 415 g/mol. The van der Waals surface area contributed by atoms with Gasteiger partial charge in [0.15, 0.2) is 5.78 Å². The maximum absolute atomic E-state index is 13.0. The fourth-order valence-electron chi connectivity index (χ4n) is 3.67. The van der Waals surface area contributed by atoms with Gasteiger partial charge in [-0.25, -0.2) is 0 Å². The Balaban J connectivity index is 1.48. The molecule has 0 fully saturated rings. The molecule has 1 aliphatic carbocycles. The van der Waals surface area contributed by atoms with Gasteiger partial charge in [0, 0.05) is 22.5 Å². The van der Waals surface area contributed by atoms with Crippen LogP contribution in [0, 0.1) is 0 Å². The van der Waals surface area contributed by atoms with Crippen molar-refractivity contribution in [3.63, 3.8) is 0 Å². The molecule has 4 aromatic rings. The van der Waals surface area contributed by atoms with Crippen LogP contribution >= 0.6 is 23.2 Å². The minimum atomic E-state index is 0.0205. The average molecular weight is 431 g/mol. The molecule has 0 spiro atoms. The highest BCUT2D eigenvalue weighted by molar-refractivity contribution is 6.33. The van der Waals surface area contributed by atoms with E-state index in [4.69, 9.17) is 23.2 Å². The molecule has 0 saturated carbocycles. The number of carbonyl (C=O) groups is 1. The van der Waals surface area contributed by atoms with Crippen molar-refractivity contribution in [1.29, 1.82) is 0 Å². The highest BCUT2D eigenvalue weighted by Crippen LogP contribution is 2.40. The molecule has 0 heterocycles. The molecule has 5 heteroatoms. The number of hydrogen-bond acceptors (Lipinski definition) is 3. The molecule has 0 aromatic heterocycles. The third kappa shape index (κ3) is 3.32. The molecule has 0 atom stereocenters. The van der Waals surface area contributed by atoms with Crippen molar-refractivity contribution in [1.82, 2.24) is 0 Å². The number of fused-ring (bicyclic) bond motifs is 3. The normalized spacial score (nSPS) is 11.7. The molecule has 1 aliphatic rings. The van der Waals surface area contributed by atoms with Gasteiger partial charge in [-0.3, -0.25) is 4.79 Å². The van der Waals surface area contributed by atoms with E-state index in [9.17, 15) is 4.79 Å². The number of nitrogens with one attached hydrogen (secondary N) is 2. The molecule has 0 unspecified atom stereocenters. The van der Waals surface area contributed by atoms with Gasteiger partial charge in [0.25, 0.3) is 0 Å². The summed E-state index contributed by atoms with van der Waals surface area (Å²) in [7, 11) is 0. The summed E-state index contributed by atoms with van der Waals surface area (Å²) >= 11 is 12.5. The number of carbonyl (C=O) groups excluding carboxylic acids is 1. The molecule has 0 aliphatic heterocycles. The number of halogens is 2. The molecule has 0 amide bonds. The summed E-state index contributed by atoms with van der Waals surface area (Å²) < 4.78 is 0. The van der Waals surface area contributed by atoms with Gasteiger partial charge in [0.1, 0.15) is 0 Å². The van der Waals surface area contributed by atoms with Crippen LogP contribution in [-0.4, -0.2) is 5.78 Å². The number of rotatable bonds is 4. The maximum atomic E-state index is 13.0. The third-order valence-electron chi connectivity index (χ3n) is 5.12. The van der Waals surface area contributed by atoms with Gasteiger partial charge >= 0.3 is 0 Å². The first kappa shape index (κ1) is 18.7. The Labute approximate surface area is 184 Å². The number of benzene rings is 4. The summed E-state index contributed by atoms with van der Waals surface area (Å²) in [4.78, 5) is 13.0. The lowest BCUT2D eigenvalue weighted by Crippen LogP contribution is -1.97. The second kappa shape index (κ2) is 7.52. The van der Waals surface area contributed by atoms with Gasteiger partial charge in [-0.1, -0.05) is 53.5 Å². The summed E-state index contributed by atoms with van der Waals surface area (Å²) in [6.45, 7) is 0. The monoisotopic (exact) mass is 430 g/mol. The number of para-hydroxylation sites is 2. The van der Waals surface area contributed by atoms with Gasteiger partial charge in [-0.05, 0) is 65.7 Å². The predicted octanol–water partition coefficient (Wildman–Crippen LogP) is 7.69. The number of anilines is 4. The van der Waals surface area contributed by atoms with Crippen LogP contribution in [0.3, 0.4) is 0 Å². The van der Waals surface area contributed by atoms with Crippen molar-refractivity contribution >= 4 is 51.7 Å². The maximum Gasteiger partial charge on any atom is 0.194 e. The van der Waals surface area contributed by atoms with E-state index in [1.54, 1.807) is 0 Å². The lowest BCUT2D eigenvalue weighted by Gasteiger charge is -2.11. The van der Waals surface area contributed by atoms with Crippen molar-refractivity contribution in [2.24, 2.45) is 0 Å². The molecule has 2 N–H and O–H groups in total. The molecule has 30 heavy (non-hydrogen) atoms. The molecule has 3 nitrogen and oxygen atoms in total. The van der Waals surface area contributed by atoms with Gasteiger partial charge in [0.05, 0.1) is 21.4 Å². The second-order valence-electron chi connectivity index (χ2n) is 7.06. The van der Waals surface area contributed by atoms with Crippen LogP contribution < -0.4 is 10.6 Å². The lowest BCUT2D eigenvalue weighted by molar-refractivity contribution is 0.104. The van der Waals surface area contributed by atoms with Crippen LogP contribution in [-0.2, 0) is 0 Å². The van der Waals surface area contributed by atoms with E-state index >= 15 is 0 Å². The number of hydrogen-bond donors (Lipinski definition) is 2. The van der Waals surface area contributed by atoms with E-state index < -0.39 is 0 Å². The minimum Gasteiger partial charge on any atom is -0.354 e. The largest absolute Gasteiger partial charge is 0.354 e. The SMILES string of the molecule is O=C1c2cc(Nc3ccccc3Cl)ccc2-c2cc(Nc3ccccc3Cl)ccc21. The molecule has 146 valence electrons. The van der Waals surface area contributed by atoms with Crippen LogP contribution in [0.15, 0.2) is 84.9 Å². The second-order valence-corrected chi connectivity index (χ2v) is 7.87. The number of ketones is 1. The molecule has 0 bridgehead atoms. The van der Waals surface area contributed by atoms with Crippen LogP contribution in [0.5, 0.6) is 0 Å². The van der Waals surface area contributed by atoms with Gasteiger partial charge in [-0.15, -0.1) is 0 Å². The van der Waals surface area contributed by atoms with Crippen LogP contribution in [0.1, 0.15) is 15.9 Å². The molecule has 0 radical (unpaired) electrons. The van der Waals surface area contributed by atoms with Crippen molar-refractivity contribution in [2.45, 2.75) is 0 Å². The van der Waals surface area contributed by atoms with E-state index in [2.05, 4.69) is 10.6 Å². The van der Waals surface area contributed by atoms with Gasteiger partial charge < -0.3 is 10.6 Å². The Bertz CT molecular complexity index is 1300. The lowest BCUT2D eigenvalue weighted by atomic mass is 10.0. The quantitative estimate of drug-likeness (QED) is 0.306. The minimum absolute atomic E-state index is 0.0205. The van der Waals surface area contributed by atoms with Gasteiger partial charge in [-0.2, -0.15) is 0 Å². The Kier molecular flexibility index (Phi) is 4.70. The Morgan fingerprint density at radius 3 is 1.60 bits per heavy atom. The smallest absolute Gasteiger partial charge is 0.194 e. The fourth-order valence-corrected chi connectivity index (χ4v) is 4.03. The highest BCUT2D eigenvalue weighted by Gasteiger charge is 2.27. The van der Waals surface area contributed by atoms with Crippen LogP contribution in [0.25, 0.3) is 11.1 Å². The highest BCUT2D eigenvalue weighted by atomic mass is 35.5. The third-order valence-corrected chi connectivity index (χ3v) is 5.78. The molecule has 5 rings (SSSR count). The zero-order chi connectivity index (χ0) is 20.7. The van der Waals surface area contributed by atoms with E-state index in [-0.39, 0.29) is 5.78 Å². The first-order valence-corrected chi connectivity index (χ1v) is 10.2. The fraction of sp³-hybridized carbons (Fsp3) is 0. The van der Waals surface area contributed by atoms with Crippen molar-refractivity contribution < 1.29 is 4.79 Å². The molecular formula is C25H16Cl2N2O. The standard InChI is InChI=1S/C25H16Cl2N2O/c26-21-5-1-3-7-23(21)28-15-10-12-18-19(13-15)17-11-9-16(14-20(17)25(18)30)29-24-8-4-2-6-22(24)27/h1-14,28-29H. The first-order chi connectivity index (χ1) is 14.6. The summed E-state index contributed by atoms with van der Waals surface area (Å²) in [6.07, 6.45) is 0. The summed E-state index contributed by atoms with van der Waals surface area (Å²) in [5.74, 6) is 0.0205. The Morgan fingerprint density at radius 2 is 1.03 bits per heavy atom. The first-order valence-electron chi connectivity index (χ1n) is 9.46. The molecule has 0 saturated heterocycles. The van der Waals surface area contributed by atoms with E-state index in [1.807, 2.05) is 84.9 Å². The summed E-state index contributed by atoms with van der Waals surface area (Å²) in [5, 5.41) is 7.89. The van der Waals surface area contributed by atoms with Crippen molar-refractivity contribution in [3.05, 3.63) is 106 Å². The average Bonchev–Trinajstić information content (AvgIpc) is 3.03. The van der Waals surface area contributed by atoms with E-state index in [0.29, 0.717) is 21.2 Å². The van der Waals surface area contributed by atoms with Gasteiger partial charge in [0.2, 0.25) is 0 Å². The predicted molar refractivity (Wildman–Crippen MR) is 125 cm³/mol. The summed E-state index contributed by atoms with van der Waals surface area (Å²) in [6, 6.07) is 26.6. The van der Waals surface area contributed by atoms with Crippen molar-refractivity contribution in [3.8, 4) is 11.1 Å². The van der Waals surface area contributed by atoms with E-state index in [0.717, 1.165) is 33.9 Å².